The highest BCUT2D eigenvalue weighted by Gasteiger charge is 2.13. The summed E-state index contributed by atoms with van der Waals surface area (Å²) in [4.78, 5) is 35.8. The van der Waals surface area contributed by atoms with Gasteiger partial charge in [-0.25, -0.2) is 0 Å². The number of hydrogen-bond acceptors (Lipinski definition) is 3. The van der Waals surface area contributed by atoms with Gasteiger partial charge in [0, 0.05) is 6.54 Å². The van der Waals surface area contributed by atoms with Crippen molar-refractivity contribution in [3.8, 4) is 0 Å². The first kappa shape index (κ1) is 15.7. The van der Waals surface area contributed by atoms with Crippen LogP contribution in [0, 0.1) is 0 Å². The fourth-order valence-electron chi connectivity index (χ4n) is 2.72. The molecule has 0 spiro atoms. The number of carboxylic acid groups (broad SMARTS) is 1. The van der Waals surface area contributed by atoms with E-state index < -0.39 is 17.1 Å². The lowest BCUT2D eigenvalue weighted by atomic mass is 10.2. The Labute approximate surface area is 137 Å². The van der Waals surface area contributed by atoms with Crippen LogP contribution in [0.15, 0.2) is 64.2 Å². The van der Waals surface area contributed by atoms with Gasteiger partial charge in [-0.15, -0.1) is 0 Å². The second kappa shape index (κ2) is 6.54. The average molecular weight is 324 g/mol. The van der Waals surface area contributed by atoms with Crippen LogP contribution in [0.1, 0.15) is 12.0 Å². The first-order valence-corrected chi connectivity index (χ1v) is 7.56. The van der Waals surface area contributed by atoms with Gasteiger partial charge in [-0.3, -0.25) is 19.0 Å². The molecule has 0 fully saturated rings. The lowest BCUT2D eigenvalue weighted by Gasteiger charge is -2.14. The number of aryl methyl sites for hydroxylation is 1. The largest absolute Gasteiger partial charge is 0.481 e. The lowest BCUT2D eigenvalue weighted by Crippen LogP contribution is -2.42. The number of nitrogens with zero attached hydrogens (tertiary/aromatic N) is 2. The Morgan fingerprint density at radius 2 is 1.38 bits per heavy atom. The summed E-state index contributed by atoms with van der Waals surface area (Å²) in [6.07, 6.45) is -0.216. The van der Waals surface area contributed by atoms with Gasteiger partial charge in [-0.2, -0.15) is 0 Å². The van der Waals surface area contributed by atoms with Crippen LogP contribution in [-0.2, 0) is 17.9 Å². The van der Waals surface area contributed by atoms with Crippen LogP contribution in [0.25, 0.3) is 11.0 Å². The summed E-state index contributed by atoms with van der Waals surface area (Å²) >= 11 is 0. The molecule has 2 aromatic carbocycles. The monoisotopic (exact) mass is 324 g/mol. The third kappa shape index (κ3) is 2.99. The van der Waals surface area contributed by atoms with E-state index in [0.29, 0.717) is 11.0 Å². The zero-order valence-corrected chi connectivity index (χ0v) is 12.9. The van der Waals surface area contributed by atoms with Crippen LogP contribution in [0.4, 0.5) is 0 Å². The molecule has 0 radical (unpaired) electrons. The van der Waals surface area contributed by atoms with E-state index in [1.807, 2.05) is 30.3 Å². The summed E-state index contributed by atoms with van der Waals surface area (Å²) in [6.45, 7) is 0.255. The van der Waals surface area contributed by atoms with Crippen molar-refractivity contribution in [1.82, 2.24) is 9.13 Å². The minimum atomic E-state index is -1.01. The molecule has 1 heterocycles. The maximum atomic E-state index is 12.5. The molecule has 24 heavy (non-hydrogen) atoms. The molecular weight excluding hydrogens is 308 g/mol. The number of carboxylic acids is 1. The van der Waals surface area contributed by atoms with E-state index in [1.165, 1.54) is 9.13 Å². The summed E-state index contributed by atoms with van der Waals surface area (Å²) in [5.74, 6) is -1.01. The van der Waals surface area contributed by atoms with Crippen LogP contribution in [0.3, 0.4) is 0 Å². The summed E-state index contributed by atoms with van der Waals surface area (Å²) in [5.41, 5.74) is 0.719. The highest BCUT2D eigenvalue weighted by atomic mass is 16.4. The molecule has 0 bridgehead atoms. The van der Waals surface area contributed by atoms with Gasteiger partial charge in [0.15, 0.2) is 0 Å². The summed E-state index contributed by atoms with van der Waals surface area (Å²) < 4.78 is 2.68. The van der Waals surface area contributed by atoms with Gasteiger partial charge in [-0.05, 0) is 17.7 Å². The number of carbonyl (C=O) groups is 1. The molecule has 0 atom stereocenters. The quantitative estimate of drug-likeness (QED) is 0.724. The Kier molecular flexibility index (Phi) is 4.29. The molecule has 3 rings (SSSR count). The molecule has 122 valence electrons. The number of fused-ring (bicyclic) bond motifs is 1. The number of benzene rings is 2. The van der Waals surface area contributed by atoms with Crippen LogP contribution < -0.4 is 11.1 Å². The summed E-state index contributed by atoms with van der Waals surface area (Å²) in [5, 5.41) is 8.86. The van der Waals surface area contributed by atoms with Crippen LogP contribution >= 0.6 is 0 Å². The molecule has 0 aliphatic carbocycles. The summed E-state index contributed by atoms with van der Waals surface area (Å²) in [7, 11) is 0. The van der Waals surface area contributed by atoms with E-state index in [4.69, 9.17) is 5.11 Å². The zero-order valence-electron chi connectivity index (χ0n) is 12.9. The fourth-order valence-corrected chi connectivity index (χ4v) is 2.72. The van der Waals surface area contributed by atoms with Crippen molar-refractivity contribution in [3.63, 3.8) is 0 Å². The van der Waals surface area contributed by atoms with E-state index in [-0.39, 0.29) is 19.5 Å². The van der Waals surface area contributed by atoms with Crippen LogP contribution in [-0.4, -0.2) is 20.2 Å². The maximum Gasteiger partial charge on any atom is 0.317 e. The maximum absolute atomic E-state index is 12.5. The van der Waals surface area contributed by atoms with Gasteiger partial charge in [0.2, 0.25) is 0 Å². The van der Waals surface area contributed by atoms with Crippen molar-refractivity contribution < 1.29 is 9.90 Å². The van der Waals surface area contributed by atoms with E-state index in [9.17, 15) is 14.4 Å². The molecule has 6 nitrogen and oxygen atoms in total. The highest BCUT2D eigenvalue weighted by Crippen LogP contribution is 2.12. The Hall–Kier alpha value is -3.15. The predicted octanol–water partition coefficient (Wildman–Crippen LogP) is 1.69. The Morgan fingerprint density at radius 3 is 2.00 bits per heavy atom. The number of para-hydroxylation sites is 2. The molecule has 6 heteroatoms. The molecule has 3 aromatic rings. The second-order valence-electron chi connectivity index (χ2n) is 5.47. The van der Waals surface area contributed by atoms with E-state index in [0.717, 1.165) is 5.56 Å². The van der Waals surface area contributed by atoms with Gasteiger partial charge in [0.25, 0.3) is 0 Å². The minimum absolute atomic E-state index is 0.0316. The average Bonchev–Trinajstić information content (AvgIpc) is 2.59. The SMILES string of the molecule is O=C(O)CCn1c(=O)c(=O)n(Cc2ccccc2)c2ccccc21. The molecule has 0 aliphatic rings. The van der Waals surface area contributed by atoms with E-state index >= 15 is 0 Å². The Morgan fingerprint density at radius 1 is 0.833 bits per heavy atom. The summed E-state index contributed by atoms with van der Waals surface area (Å²) in [6, 6.07) is 16.4. The molecule has 0 unspecified atom stereocenters. The molecule has 0 saturated heterocycles. The zero-order chi connectivity index (χ0) is 17.1. The van der Waals surface area contributed by atoms with E-state index in [2.05, 4.69) is 0 Å². The fraction of sp³-hybridized carbons (Fsp3) is 0.167. The molecule has 1 N–H and O–H groups in total. The van der Waals surface area contributed by atoms with Crippen molar-refractivity contribution >= 4 is 17.0 Å². The van der Waals surface area contributed by atoms with Crippen molar-refractivity contribution in [2.75, 3.05) is 0 Å². The third-order valence-corrected chi connectivity index (χ3v) is 3.87. The van der Waals surface area contributed by atoms with Gasteiger partial charge in [-0.1, -0.05) is 42.5 Å². The molecule has 1 aromatic heterocycles. The van der Waals surface area contributed by atoms with Gasteiger partial charge in [0.1, 0.15) is 0 Å². The van der Waals surface area contributed by atoms with Crippen molar-refractivity contribution in [1.29, 1.82) is 0 Å². The normalized spacial score (nSPS) is 10.8. The number of hydrogen-bond donors (Lipinski definition) is 1. The molecule has 0 amide bonds. The number of aromatic nitrogens is 2. The van der Waals surface area contributed by atoms with Gasteiger partial charge in [0.05, 0.1) is 24.0 Å². The van der Waals surface area contributed by atoms with Crippen LogP contribution in [0.2, 0.25) is 0 Å². The number of rotatable bonds is 5. The molecular formula is C18H16N2O4. The third-order valence-electron chi connectivity index (χ3n) is 3.87. The second-order valence-corrected chi connectivity index (χ2v) is 5.47. The number of aliphatic carboxylic acids is 1. The van der Waals surface area contributed by atoms with Gasteiger partial charge >= 0.3 is 17.1 Å². The Balaban J connectivity index is 2.19. The van der Waals surface area contributed by atoms with Crippen LogP contribution in [0.5, 0.6) is 0 Å². The molecule has 0 aliphatic heterocycles. The van der Waals surface area contributed by atoms with Crippen molar-refractivity contribution in [2.45, 2.75) is 19.5 Å². The van der Waals surface area contributed by atoms with E-state index in [1.54, 1.807) is 24.3 Å². The van der Waals surface area contributed by atoms with Gasteiger partial charge < -0.3 is 9.67 Å². The minimum Gasteiger partial charge on any atom is -0.481 e. The first-order chi connectivity index (χ1) is 11.6. The van der Waals surface area contributed by atoms with Crippen molar-refractivity contribution in [3.05, 3.63) is 80.9 Å². The standard InChI is InChI=1S/C18H16N2O4/c21-16(22)10-11-19-14-8-4-5-9-15(14)20(18(24)17(19)23)12-13-6-2-1-3-7-13/h1-9H,10-12H2,(H,21,22). The van der Waals surface area contributed by atoms with Crippen molar-refractivity contribution in [2.24, 2.45) is 0 Å². The lowest BCUT2D eigenvalue weighted by molar-refractivity contribution is -0.137. The topological polar surface area (TPSA) is 81.3 Å². The molecule has 0 saturated carbocycles. The highest BCUT2D eigenvalue weighted by molar-refractivity contribution is 5.75. The smallest absolute Gasteiger partial charge is 0.317 e. The Bertz CT molecular complexity index is 1000. The predicted molar refractivity (Wildman–Crippen MR) is 90.3 cm³/mol. The first-order valence-electron chi connectivity index (χ1n) is 7.56.